The lowest BCUT2D eigenvalue weighted by Crippen LogP contribution is -2.14. The molecule has 0 saturated heterocycles. The zero-order valence-corrected chi connectivity index (χ0v) is 14.0. The molecule has 0 spiro atoms. The number of anilines is 1. The monoisotopic (exact) mass is 347 g/mol. The average Bonchev–Trinajstić information content (AvgIpc) is 2.61. The van der Waals surface area contributed by atoms with Crippen LogP contribution in [0.25, 0.3) is 0 Å². The molecule has 0 bridgehead atoms. The molecule has 24 heavy (non-hydrogen) atoms. The average molecular weight is 348 g/mol. The van der Waals surface area contributed by atoms with E-state index in [0.717, 1.165) is 5.75 Å². The molecule has 126 valence electrons. The van der Waals surface area contributed by atoms with E-state index in [-0.39, 0.29) is 12.3 Å². The van der Waals surface area contributed by atoms with Gasteiger partial charge in [-0.25, -0.2) is 4.79 Å². The number of amides is 1. The molecule has 0 atom stereocenters. The van der Waals surface area contributed by atoms with Gasteiger partial charge in [0, 0.05) is 6.42 Å². The van der Waals surface area contributed by atoms with Crippen molar-refractivity contribution in [3.8, 4) is 5.75 Å². The molecule has 1 N–H and O–H groups in total. The van der Waals surface area contributed by atoms with Crippen LogP contribution in [0.4, 0.5) is 5.69 Å². The number of ether oxygens (including phenoxy) is 2. The molecule has 0 heterocycles. The van der Waals surface area contributed by atoms with Gasteiger partial charge in [0.15, 0.2) is 0 Å². The molecule has 6 heteroatoms. The number of carbonyl (C=O) groups excluding carboxylic acids is 2. The number of methoxy groups -OCH3 is 1. The summed E-state index contributed by atoms with van der Waals surface area (Å²) in [5.41, 5.74) is 0.707. The quantitative estimate of drug-likeness (QED) is 0.609. The highest BCUT2D eigenvalue weighted by Gasteiger charge is 2.11. The normalized spacial score (nSPS) is 10.1. The Labute approximate surface area is 145 Å². The van der Waals surface area contributed by atoms with E-state index in [0.29, 0.717) is 29.3 Å². The largest absolute Gasteiger partial charge is 0.494 e. The number of hydrogen-bond donors (Lipinski definition) is 1. The SMILES string of the molecule is COC(=O)c1ccc(Cl)c(NC(=O)CCCOc2ccccc2)c1. The summed E-state index contributed by atoms with van der Waals surface area (Å²) in [5, 5.41) is 3.05. The van der Waals surface area contributed by atoms with Crippen molar-refractivity contribution in [3.63, 3.8) is 0 Å². The Bertz CT molecular complexity index is 703. The van der Waals surface area contributed by atoms with E-state index < -0.39 is 5.97 Å². The second-order valence-electron chi connectivity index (χ2n) is 5.00. The first kappa shape index (κ1) is 17.8. The van der Waals surface area contributed by atoms with Gasteiger partial charge in [0.2, 0.25) is 5.91 Å². The van der Waals surface area contributed by atoms with Crippen LogP contribution in [0.2, 0.25) is 5.02 Å². The Balaban J connectivity index is 1.82. The van der Waals surface area contributed by atoms with Gasteiger partial charge in [-0.15, -0.1) is 0 Å². The number of rotatable bonds is 7. The third-order valence-electron chi connectivity index (χ3n) is 3.22. The molecule has 0 radical (unpaired) electrons. The zero-order valence-electron chi connectivity index (χ0n) is 13.3. The molecule has 0 aliphatic carbocycles. The van der Waals surface area contributed by atoms with Crippen molar-refractivity contribution in [1.82, 2.24) is 0 Å². The Hall–Kier alpha value is -2.53. The minimum atomic E-state index is -0.488. The number of nitrogens with one attached hydrogen (secondary N) is 1. The summed E-state index contributed by atoms with van der Waals surface area (Å²) < 4.78 is 10.2. The summed E-state index contributed by atoms with van der Waals surface area (Å²) in [6.07, 6.45) is 0.848. The van der Waals surface area contributed by atoms with E-state index in [2.05, 4.69) is 10.1 Å². The van der Waals surface area contributed by atoms with Crippen LogP contribution in [0, 0.1) is 0 Å². The van der Waals surface area contributed by atoms with Gasteiger partial charge in [-0.05, 0) is 36.8 Å². The van der Waals surface area contributed by atoms with E-state index in [1.807, 2.05) is 30.3 Å². The Morgan fingerprint density at radius 2 is 1.88 bits per heavy atom. The van der Waals surface area contributed by atoms with Crippen molar-refractivity contribution in [2.75, 3.05) is 19.0 Å². The van der Waals surface area contributed by atoms with Crippen LogP contribution in [-0.4, -0.2) is 25.6 Å². The molecule has 0 fully saturated rings. The molecular weight excluding hydrogens is 330 g/mol. The highest BCUT2D eigenvalue weighted by molar-refractivity contribution is 6.33. The van der Waals surface area contributed by atoms with Gasteiger partial charge in [-0.3, -0.25) is 4.79 Å². The standard InChI is InChI=1S/C18H18ClNO4/c1-23-18(22)13-9-10-15(19)16(12-13)20-17(21)8-5-11-24-14-6-3-2-4-7-14/h2-4,6-7,9-10,12H,5,8,11H2,1H3,(H,20,21). The molecule has 0 unspecified atom stereocenters. The van der Waals surface area contributed by atoms with Crippen LogP contribution in [0.15, 0.2) is 48.5 Å². The molecule has 1 amide bonds. The predicted octanol–water partition coefficient (Wildman–Crippen LogP) is 3.92. The lowest BCUT2D eigenvalue weighted by atomic mass is 10.2. The van der Waals surface area contributed by atoms with Gasteiger partial charge in [0.25, 0.3) is 0 Å². The lowest BCUT2D eigenvalue weighted by Gasteiger charge is -2.09. The first-order valence-corrected chi connectivity index (χ1v) is 7.83. The Morgan fingerprint density at radius 3 is 2.58 bits per heavy atom. The summed E-state index contributed by atoms with van der Waals surface area (Å²) in [6, 6.07) is 14.0. The number of hydrogen-bond acceptors (Lipinski definition) is 4. The first-order valence-electron chi connectivity index (χ1n) is 7.45. The molecule has 5 nitrogen and oxygen atoms in total. The van der Waals surface area contributed by atoms with E-state index in [9.17, 15) is 9.59 Å². The second-order valence-corrected chi connectivity index (χ2v) is 5.41. The van der Waals surface area contributed by atoms with Gasteiger partial charge in [-0.1, -0.05) is 29.8 Å². The summed E-state index contributed by atoms with van der Waals surface area (Å²) in [7, 11) is 1.29. The van der Waals surface area contributed by atoms with Crippen molar-refractivity contribution in [3.05, 3.63) is 59.1 Å². The molecule has 0 saturated carbocycles. The first-order chi connectivity index (χ1) is 11.6. The summed E-state index contributed by atoms with van der Waals surface area (Å²) in [5.74, 6) is 0.0840. The maximum absolute atomic E-state index is 12.0. The summed E-state index contributed by atoms with van der Waals surface area (Å²) in [4.78, 5) is 23.5. The van der Waals surface area contributed by atoms with E-state index in [1.54, 1.807) is 6.07 Å². The van der Waals surface area contributed by atoms with Gasteiger partial charge in [0.05, 0.1) is 30.0 Å². The predicted molar refractivity (Wildman–Crippen MR) is 92.6 cm³/mol. The fourth-order valence-electron chi connectivity index (χ4n) is 2.02. The maximum atomic E-state index is 12.0. The van der Waals surface area contributed by atoms with Crippen molar-refractivity contribution in [2.24, 2.45) is 0 Å². The third kappa shape index (κ3) is 5.28. The second kappa shape index (κ2) is 8.93. The van der Waals surface area contributed by atoms with E-state index in [1.165, 1.54) is 19.2 Å². The molecule has 2 aromatic rings. The number of esters is 1. The highest BCUT2D eigenvalue weighted by atomic mass is 35.5. The van der Waals surface area contributed by atoms with Gasteiger partial charge < -0.3 is 14.8 Å². The number of para-hydroxylation sites is 1. The van der Waals surface area contributed by atoms with Crippen LogP contribution in [-0.2, 0) is 9.53 Å². The molecular formula is C18H18ClNO4. The van der Waals surface area contributed by atoms with Crippen LogP contribution in [0.1, 0.15) is 23.2 Å². The third-order valence-corrected chi connectivity index (χ3v) is 3.55. The number of benzene rings is 2. The lowest BCUT2D eigenvalue weighted by molar-refractivity contribution is -0.116. The summed E-state index contributed by atoms with van der Waals surface area (Å²) in [6.45, 7) is 0.438. The van der Waals surface area contributed by atoms with Crippen LogP contribution in [0.5, 0.6) is 5.75 Å². The van der Waals surface area contributed by atoms with Crippen molar-refractivity contribution in [1.29, 1.82) is 0 Å². The minimum Gasteiger partial charge on any atom is -0.494 e. The summed E-state index contributed by atoms with van der Waals surface area (Å²) >= 11 is 6.04. The van der Waals surface area contributed by atoms with E-state index in [4.69, 9.17) is 16.3 Å². The molecule has 2 rings (SSSR count). The van der Waals surface area contributed by atoms with Gasteiger partial charge in [0.1, 0.15) is 5.75 Å². The van der Waals surface area contributed by atoms with Crippen molar-refractivity contribution >= 4 is 29.2 Å². The Morgan fingerprint density at radius 1 is 1.12 bits per heavy atom. The van der Waals surface area contributed by atoms with Crippen molar-refractivity contribution in [2.45, 2.75) is 12.8 Å². The van der Waals surface area contributed by atoms with Crippen LogP contribution in [0.3, 0.4) is 0 Å². The van der Waals surface area contributed by atoms with Crippen molar-refractivity contribution < 1.29 is 19.1 Å². The molecule has 0 aliphatic heterocycles. The number of halogens is 1. The topological polar surface area (TPSA) is 64.6 Å². The van der Waals surface area contributed by atoms with Gasteiger partial charge in [-0.2, -0.15) is 0 Å². The smallest absolute Gasteiger partial charge is 0.337 e. The van der Waals surface area contributed by atoms with Crippen LogP contribution < -0.4 is 10.1 Å². The maximum Gasteiger partial charge on any atom is 0.337 e. The minimum absolute atomic E-state index is 0.199. The molecule has 0 aliphatic rings. The molecule has 2 aromatic carbocycles. The zero-order chi connectivity index (χ0) is 17.4. The fourth-order valence-corrected chi connectivity index (χ4v) is 2.18. The highest BCUT2D eigenvalue weighted by Crippen LogP contribution is 2.23. The molecule has 0 aromatic heterocycles. The number of carbonyl (C=O) groups is 2. The van der Waals surface area contributed by atoms with Gasteiger partial charge >= 0.3 is 5.97 Å². The Kier molecular flexibility index (Phi) is 6.63. The van der Waals surface area contributed by atoms with Crippen LogP contribution >= 0.6 is 11.6 Å². The fraction of sp³-hybridized carbons (Fsp3) is 0.222. The van der Waals surface area contributed by atoms with E-state index >= 15 is 0 Å².